The Morgan fingerprint density at radius 1 is 1.04 bits per heavy atom. The topological polar surface area (TPSA) is 45.8 Å². The monoisotopic (exact) mass is 384 g/mol. The number of aromatic amines is 1. The van der Waals surface area contributed by atoms with E-state index in [2.05, 4.69) is 9.97 Å². The average molecular weight is 386 g/mol. The maximum absolute atomic E-state index is 12.1. The van der Waals surface area contributed by atoms with E-state index in [1.54, 1.807) is 42.5 Å². The first kappa shape index (κ1) is 16.3. The highest BCUT2D eigenvalue weighted by atomic mass is 35.5. The SMILES string of the molecule is O=c1[nH]c(/C(Cl)=C/c2ccc(Cl)c(Cl)c2)nc2ccc(Cl)cc12. The molecular formula is C16H8Cl4N2O. The van der Waals surface area contributed by atoms with Gasteiger partial charge in [0.05, 0.1) is 26.0 Å². The minimum atomic E-state index is -0.312. The summed E-state index contributed by atoms with van der Waals surface area (Å²) in [7, 11) is 0. The lowest BCUT2D eigenvalue weighted by molar-refractivity contribution is 1.14. The Bertz CT molecular complexity index is 995. The molecule has 7 heteroatoms. The van der Waals surface area contributed by atoms with Crippen molar-refractivity contribution in [1.82, 2.24) is 9.97 Å². The Labute approximate surface area is 151 Å². The maximum atomic E-state index is 12.1. The van der Waals surface area contributed by atoms with Crippen LogP contribution in [0.5, 0.6) is 0 Å². The second kappa shape index (κ2) is 6.54. The van der Waals surface area contributed by atoms with Crippen molar-refractivity contribution in [2.45, 2.75) is 0 Å². The van der Waals surface area contributed by atoms with Gasteiger partial charge in [0.1, 0.15) is 0 Å². The van der Waals surface area contributed by atoms with E-state index in [1.165, 1.54) is 0 Å². The number of benzene rings is 2. The Morgan fingerprint density at radius 2 is 1.83 bits per heavy atom. The third-order valence-electron chi connectivity index (χ3n) is 3.13. The number of nitrogens with zero attached hydrogens (tertiary/aromatic N) is 1. The van der Waals surface area contributed by atoms with Gasteiger partial charge in [0.15, 0.2) is 5.82 Å². The van der Waals surface area contributed by atoms with E-state index in [0.29, 0.717) is 26.0 Å². The third kappa shape index (κ3) is 3.54. The smallest absolute Gasteiger partial charge is 0.259 e. The van der Waals surface area contributed by atoms with Crippen LogP contribution in [-0.2, 0) is 0 Å². The van der Waals surface area contributed by atoms with Gasteiger partial charge >= 0.3 is 0 Å². The molecule has 0 saturated carbocycles. The first-order valence-corrected chi connectivity index (χ1v) is 7.97. The van der Waals surface area contributed by atoms with Crippen molar-refractivity contribution in [3.05, 3.63) is 73.2 Å². The van der Waals surface area contributed by atoms with E-state index in [0.717, 1.165) is 5.56 Å². The van der Waals surface area contributed by atoms with Crippen LogP contribution in [0.3, 0.4) is 0 Å². The van der Waals surface area contributed by atoms with Gasteiger partial charge < -0.3 is 4.98 Å². The molecule has 116 valence electrons. The van der Waals surface area contributed by atoms with Crippen LogP contribution >= 0.6 is 46.4 Å². The van der Waals surface area contributed by atoms with Crippen LogP contribution in [0.25, 0.3) is 22.0 Å². The molecule has 23 heavy (non-hydrogen) atoms. The number of aromatic nitrogens is 2. The maximum Gasteiger partial charge on any atom is 0.259 e. The van der Waals surface area contributed by atoms with Crippen LogP contribution in [0.1, 0.15) is 11.4 Å². The van der Waals surface area contributed by atoms with Gasteiger partial charge in [-0.15, -0.1) is 0 Å². The second-order valence-electron chi connectivity index (χ2n) is 4.74. The Hall–Kier alpha value is -1.52. The molecule has 0 fully saturated rings. The summed E-state index contributed by atoms with van der Waals surface area (Å²) in [6, 6.07) is 9.98. The van der Waals surface area contributed by atoms with E-state index >= 15 is 0 Å². The molecule has 0 atom stereocenters. The molecule has 3 aromatic rings. The number of hydrogen-bond acceptors (Lipinski definition) is 2. The van der Waals surface area contributed by atoms with Crippen molar-refractivity contribution in [3.8, 4) is 0 Å². The fourth-order valence-corrected chi connectivity index (χ4v) is 2.73. The second-order valence-corrected chi connectivity index (χ2v) is 6.40. The summed E-state index contributed by atoms with van der Waals surface area (Å²) in [5, 5.41) is 2.01. The first-order chi connectivity index (χ1) is 10.9. The lowest BCUT2D eigenvalue weighted by Crippen LogP contribution is -2.10. The van der Waals surface area contributed by atoms with Crippen molar-refractivity contribution in [3.63, 3.8) is 0 Å². The van der Waals surface area contributed by atoms with Crippen molar-refractivity contribution >= 4 is 68.4 Å². The van der Waals surface area contributed by atoms with Crippen LogP contribution in [0.2, 0.25) is 15.1 Å². The third-order valence-corrected chi connectivity index (χ3v) is 4.39. The van der Waals surface area contributed by atoms with Gasteiger partial charge in [-0.3, -0.25) is 4.79 Å². The predicted molar refractivity (Wildman–Crippen MR) is 97.6 cm³/mol. The highest BCUT2D eigenvalue weighted by molar-refractivity contribution is 6.50. The molecule has 1 heterocycles. The summed E-state index contributed by atoms with van der Waals surface area (Å²) in [6.07, 6.45) is 1.64. The normalized spacial score (nSPS) is 11.9. The predicted octanol–water partition coefficient (Wildman–Crippen LogP) is 5.62. The van der Waals surface area contributed by atoms with Gasteiger partial charge in [0, 0.05) is 5.02 Å². The Morgan fingerprint density at radius 3 is 2.57 bits per heavy atom. The number of rotatable bonds is 2. The van der Waals surface area contributed by atoms with Crippen molar-refractivity contribution in [2.75, 3.05) is 0 Å². The van der Waals surface area contributed by atoms with Crippen LogP contribution in [0.4, 0.5) is 0 Å². The van der Waals surface area contributed by atoms with Crippen LogP contribution in [0, 0.1) is 0 Å². The lowest BCUT2D eigenvalue weighted by atomic mass is 10.2. The summed E-state index contributed by atoms with van der Waals surface area (Å²) in [6.45, 7) is 0. The van der Waals surface area contributed by atoms with E-state index in [1.807, 2.05) is 0 Å². The van der Waals surface area contributed by atoms with Gasteiger partial charge in [-0.2, -0.15) is 0 Å². The number of hydrogen-bond donors (Lipinski definition) is 1. The first-order valence-electron chi connectivity index (χ1n) is 6.46. The molecule has 0 unspecified atom stereocenters. The van der Waals surface area contributed by atoms with Gasteiger partial charge in [0.2, 0.25) is 0 Å². The molecule has 0 aliphatic carbocycles. The van der Waals surface area contributed by atoms with Gasteiger partial charge in [-0.25, -0.2) is 4.98 Å². The molecule has 0 spiro atoms. The number of halogens is 4. The van der Waals surface area contributed by atoms with Crippen LogP contribution in [0.15, 0.2) is 41.2 Å². The highest BCUT2D eigenvalue weighted by Gasteiger charge is 2.08. The fraction of sp³-hybridized carbons (Fsp3) is 0. The Balaban J connectivity index is 2.08. The zero-order chi connectivity index (χ0) is 16.6. The number of fused-ring (bicyclic) bond motifs is 1. The van der Waals surface area contributed by atoms with Gasteiger partial charge in [-0.05, 0) is 42.0 Å². The quantitative estimate of drug-likeness (QED) is 0.622. The zero-order valence-corrected chi connectivity index (χ0v) is 14.4. The van der Waals surface area contributed by atoms with Gasteiger partial charge in [-0.1, -0.05) is 52.5 Å². The van der Waals surface area contributed by atoms with Crippen molar-refractivity contribution in [2.24, 2.45) is 0 Å². The largest absolute Gasteiger partial charge is 0.305 e. The Kier molecular flexibility index (Phi) is 4.64. The molecule has 3 rings (SSSR count). The number of nitrogens with one attached hydrogen (secondary N) is 1. The van der Waals surface area contributed by atoms with Crippen molar-refractivity contribution in [1.29, 1.82) is 0 Å². The minimum absolute atomic E-state index is 0.262. The van der Waals surface area contributed by atoms with E-state index < -0.39 is 0 Å². The van der Waals surface area contributed by atoms with Crippen molar-refractivity contribution < 1.29 is 0 Å². The summed E-state index contributed by atoms with van der Waals surface area (Å²) in [5.74, 6) is 0.262. The molecule has 0 radical (unpaired) electrons. The molecule has 1 aromatic heterocycles. The average Bonchev–Trinajstić information content (AvgIpc) is 2.51. The highest BCUT2D eigenvalue weighted by Crippen LogP contribution is 2.26. The van der Waals surface area contributed by atoms with Crippen LogP contribution in [-0.4, -0.2) is 9.97 Å². The van der Waals surface area contributed by atoms with E-state index in [4.69, 9.17) is 46.4 Å². The molecule has 0 saturated heterocycles. The van der Waals surface area contributed by atoms with Gasteiger partial charge in [0.25, 0.3) is 5.56 Å². The summed E-state index contributed by atoms with van der Waals surface area (Å²) >= 11 is 24.0. The summed E-state index contributed by atoms with van der Waals surface area (Å²) < 4.78 is 0. The number of H-pyrrole nitrogens is 1. The summed E-state index contributed by atoms with van der Waals surface area (Å²) in [5.41, 5.74) is 0.935. The van der Waals surface area contributed by atoms with E-state index in [9.17, 15) is 4.79 Å². The van der Waals surface area contributed by atoms with Crippen LogP contribution < -0.4 is 5.56 Å². The summed E-state index contributed by atoms with van der Waals surface area (Å²) in [4.78, 5) is 19.1. The molecule has 0 bridgehead atoms. The molecule has 3 nitrogen and oxygen atoms in total. The molecule has 0 aliphatic heterocycles. The molecule has 0 aliphatic rings. The minimum Gasteiger partial charge on any atom is -0.305 e. The molecule has 1 N–H and O–H groups in total. The molecule has 0 amide bonds. The fourth-order valence-electron chi connectivity index (χ4n) is 2.04. The molecule has 2 aromatic carbocycles. The van der Waals surface area contributed by atoms with E-state index in [-0.39, 0.29) is 16.4 Å². The standard InChI is InChI=1S/C16H8Cl4N2O/c17-9-2-4-14-10(7-9)16(23)22-15(21-14)13(20)6-8-1-3-11(18)12(19)5-8/h1-7H,(H,21,22,23)/b13-6-. The molecular weight excluding hydrogens is 378 g/mol. The zero-order valence-electron chi connectivity index (χ0n) is 11.4. The lowest BCUT2D eigenvalue weighted by Gasteiger charge is -2.03.